The molecule has 0 bridgehead atoms. The SMILES string of the molecule is CCCCOC(=O)[C@@H](N)CN. The summed E-state index contributed by atoms with van der Waals surface area (Å²) in [6, 6.07) is -0.660. The van der Waals surface area contributed by atoms with Crippen molar-refractivity contribution in [2.75, 3.05) is 13.2 Å². The number of esters is 1. The van der Waals surface area contributed by atoms with Gasteiger partial charge in [0.2, 0.25) is 0 Å². The van der Waals surface area contributed by atoms with Crippen molar-refractivity contribution in [2.45, 2.75) is 25.8 Å². The Hall–Kier alpha value is -0.610. The maximum atomic E-state index is 10.8. The highest BCUT2D eigenvalue weighted by atomic mass is 16.5. The predicted octanol–water partition coefficient (Wildman–Crippen LogP) is -0.384. The third-order valence-electron chi connectivity index (χ3n) is 1.30. The van der Waals surface area contributed by atoms with Gasteiger partial charge in [0.05, 0.1) is 6.61 Å². The second-order valence-electron chi connectivity index (χ2n) is 2.36. The first-order chi connectivity index (χ1) is 5.22. The highest BCUT2D eigenvalue weighted by Gasteiger charge is 2.11. The van der Waals surface area contributed by atoms with E-state index in [2.05, 4.69) is 0 Å². The summed E-state index contributed by atoms with van der Waals surface area (Å²) in [6.45, 7) is 2.62. The summed E-state index contributed by atoms with van der Waals surface area (Å²) < 4.78 is 4.79. The van der Waals surface area contributed by atoms with Crippen LogP contribution in [0, 0.1) is 0 Å². The molecule has 4 N–H and O–H groups in total. The van der Waals surface area contributed by atoms with Crippen LogP contribution in [0.2, 0.25) is 0 Å². The van der Waals surface area contributed by atoms with Gasteiger partial charge in [-0.1, -0.05) is 13.3 Å². The Labute approximate surface area is 66.9 Å². The van der Waals surface area contributed by atoms with Crippen molar-refractivity contribution in [3.63, 3.8) is 0 Å². The van der Waals surface area contributed by atoms with E-state index < -0.39 is 12.0 Å². The second-order valence-corrected chi connectivity index (χ2v) is 2.36. The summed E-state index contributed by atoms with van der Waals surface area (Å²) >= 11 is 0. The highest BCUT2D eigenvalue weighted by Crippen LogP contribution is 1.90. The fourth-order valence-electron chi connectivity index (χ4n) is 0.520. The number of hydrogen-bond donors (Lipinski definition) is 2. The first-order valence-electron chi connectivity index (χ1n) is 3.84. The van der Waals surface area contributed by atoms with E-state index in [4.69, 9.17) is 16.2 Å². The van der Waals surface area contributed by atoms with Crippen LogP contribution >= 0.6 is 0 Å². The van der Waals surface area contributed by atoms with E-state index in [-0.39, 0.29) is 6.54 Å². The van der Waals surface area contributed by atoms with Gasteiger partial charge in [-0.15, -0.1) is 0 Å². The summed E-state index contributed by atoms with van der Waals surface area (Å²) in [7, 11) is 0. The van der Waals surface area contributed by atoms with Gasteiger partial charge < -0.3 is 16.2 Å². The van der Waals surface area contributed by atoms with Crippen LogP contribution in [0.5, 0.6) is 0 Å². The summed E-state index contributed by atoms with van der Waals surface area (Å²) in [6.07, 6.45) is 1.88. The molecule has 0 aliphatic carbocycles. The number of carbonyl (C=O) groups excluding carboxylic acids is 1. The van der Waals surface area contributed by atoms with Crippen LogP contribution in [0.25, 0.3) is 0 Å². The number of ether oxygens (including phenoxy) is 1. The lowest BCUT2D eigenvalue weighted by Gasteiger charge is -2.07. The molecule has 0 radical (unpaired) electrons. The van der Waals surface area contributed by atoms with Crippen molar-refractivity contribution in [1.82, 2.24) is 0 Å². The van der Waals surface area contributed by atoms with Crippen molar-refractivity contribution < 1.29 is 9.53 Å². The molecule has 0 aliphatic rings. The summed E-state index contributed by atoms with van der Waals surface area (Å²) in [4.78, 5) is 10.8. The smallest absolute Gasteiger partial charge is 0.324 e. The molecule has 0 fully saturated rings. The minimum absolute atomic E-state index is 0.144. The molecule has 11 heavy (non-hydrogen) atoms. The molecule has 0 aliphatic heterocycles. The van der Waals surface area contributed by atoms with Gasteiger partial charge >= 0.3 is 5.97 Å². The third kappa shape index (κ3) is 4.75. The van der Waals surface area contributed by atoms with Crippen molar-refractivity contribution in [1.29, 1.82) is 0 Å². The van der Waals surface area contributed by atoms with Crippen LogP contribution in [-0.2, 0) is 9.53 Å². The zero-order valence-corrected chi connectivity index (χ0v) is 6.88. The van der Waals surface area contributed by atoms with Gasteiger partial charge in [0.25, 0.3) is 0 Å². The molecule has 0 amide bonds. The van der Waals surface area contributed by atoms with Crippen molar-refractivity contribution >= 4 is 5.97 Å². The quantitative estimate of drug-likeness (QED) is 0.424. The standard InChI is InChI=1S/C7H16N2O2/c1-2-3-4-11-7(10)6(9)5-8/h6H,2-5,8-9H2,1H3/t6-/m0/s1. The Kier molecular flexibility index (Phi) is 5.78. The van der Waals surface area contributed by atoms with Gasteiger partial charge in [-0.3, -0.25) is 4.79 Å². The average molecular weight is 160 g/mol. The summed E-state index contributed by atoms with van der Waals surface area (Å²) in [5.74, 6) is -0.402. The number of nitrogens with two attached hydrogens (primary N) is 2. The normalized spacial score (nSPS) is 12.6. The van der Waals surface area contributed by atoms with E-state index in [9.17, 15) is 4.79 Å². The third-order valence-corrected chi connectivity index (χ3v) is 1.30. The van der Waals surface area contributed by atoms with Crippen LogP contribution in [0.1, 0.15) is 19.8 Å². The molecule has 0 heterocycles. The molecule has 4 heteroatoms. The lowest BCUT2D eigenvalue weighted by Crippen LogP contribution is -2.39. The van der Waals surface area contributed by atoms with Crippen LogP contribution < -0.4 is 11.5 Å². The summed E-state index contributed by atoms with van der Waals surface area (Å²) in [5.41, 5.74) is 10.5. The van der Waals surface area contributed by atoms with E-state index in [1.165, 1.54) is 0 Å². The Bertz CT molecular complexity index is 117. The van der Waals surface area contributed by atoms with E-state index >= 15 is 0 Å². The largest absolute Gasteiger partial charge is 0.464 e. The van der Waals surface area contributed by atoms with E-state index in [1.54, 1.807) is 0 Å². The molecule has 0 spiro atoms. The fourth-order valence-corrected chi connectivity index (χ4v) is 0.520. The molecule has 0 aromatic rings. The number of hydrogen-bond acceptors (Lipinski definition) is 4. The van der Waals surface area contributed by atoms with Gasteiger partial charge in [-0.2, -0.15) is 0 Å². The molecule has 66 valence electrons. The average Bonchev–Trinajstić information content (AvgIpc) is 2.03. The van der Waals surface area contributed by atoms with Crippen LogP contribution in [0.4, 0.5) is 0 Å². The Balaban J connectivity index is 3.36. The van der Waals surface area contributed by atoms with E-state index in [0.717, 1.165) is 12.8 Å². The monoisotopic (exact) mass is 160 g/mol. The molecule has 0 unspecified atom stereocenters. The molecule has 0 saturated carbocycles. The molecule has 0 saturated heterocycles. The molecular formula is C7H16N2O2. The lowest BCUT2D eigenvalue weighted by atomic mass is 10.3. The highest BCUT2D eigenvalue weighted by molar-refractivity contribution is 5.75. The van der Waals surface area contributed by atoms with Gasteiger partial charge in [-0.25, -0.2) is 0 Å². The minimum Gasteiger partial charge on any atom is -0.464 e. The topological polar surface area (TPSA) is 78.3 Å². The summed E-state index contributed by atoms with van der Waals surface area (Å²) in [5, 5.41) is 0. The molecule has 0 aromatic heterocycles. The van der Waals surface area contributed by atoms with Gasteiger partial charge in [0.15, 0.2) is 0 Å². The van der Waals surface area contributed by atoms with Gasteiger partial charge in [0.1, 0.15) is 6.04 Å². The minimum atomic E-state index is -0.660. The maximum Gasteiger partial charge on any atom is 0.324 e. The van der Waals surface area contributed by atoms with Gasteiger partial charge in [0, 0.05) is 6.54 Å². The van der Waals surface area contributed by atoms with E-state index in [0.29, 0.717) is 6.61 Å². The van der Waals surface area contributed by atoms with Crippen molar-refractivity contribution in [3.8, 4) is 0 Å². The molecular weight excluding hydrogens is 144 g/mol. The van der Waals surface area contributed by atoms with E-state index in [1.807, 2.05) is 6.92 Å². The number of unbranched alkanes of at least 4 members (excludes halogenated alkanes) is 1. The van der Waals surface area contributed by atoms with Crippen molar-refractivity contribution in [2.24, 2.45) is 11.5 Å². The van der Waals surface area contributed by atoms with Crippen LogP contribution in [0.3, 0.4) is 0 Å². The Morgan fingerprint density at radius 1 is 1.64 bits per heavy atom. The van der Waals surface area contributed by atoms with Crippen LogP contribution in [-0.4, -0.2) is 25.2 Å². The number of rotatable bonds is 5. The maximum absolute atomic E-state index is 10.8. The van der Waals surface area contributed by atoms with Crippen LogP contribution in [0.15, 0.2) is 0 Å². The van der Waals surface area contributed by atoms with Crippen molar-refractivity contribution in [3.05, 3.63) is 0 Å². The second kappa shape index (κ2) is 6.12. The fraction of sp³-hybridized carbons (Fsp3) is 0.857. The molecule has 1 atom stereocenters. The predicted molar refractivity (Wildman–Crippen MR) is 42.9 cm³/mol. The molecule has 4 nitrogen and oxygen atoms in total. The number of carbonyl (C=O) groups is 1. The Morgan fingerprint density at radius 2 is 2.27 bits per heavy atom. The van der Waals surface area contributed by atoms with Gasteiger partial charge in [-0.05, 0) is 6.42 Å². The zero-order valence-electron chi connectivity index (χ0n) is 6.88. The first kappa shape index (κ1) is 10.4. The Morgan fingerprint density at radius 3 is 2.73 bits per heavy atom. The molecule has 0 aromatic carbocycles. The zero-order chi connectivity index (χ0) is 8.69. The lowest BCUT2D eigenvalue weighted by molar-refractivity contribution is -0.145. The first-order valence-corrected chi connectivity index (χ1v) is 3.84. The molecule has 0 rings (SSSR count).